The van der Waals surface area contributed by atoms with Gasteiger partial charge in [0.2, 0.25) is 0 Å². The fraction of sp³-hybridized carbons (Fsp3) is 0.875. The maximum absolute atomic E-state index is 11.8. The number of carbonyl (C=O) groups is 2. The number of carbonyl (C=O) groups excluding carboxylic acids is 2. The van der Waals surface area contributed by atoms with Crippen LogP contribution in [0, 0.1) is 0 Å². The highest BCUT2D eigenvalue weighted by atomic mass is 32.2. The quantitative estimate of drug-likeness (QED) is 0.381. The summed E-state index contributed by atoms with van der Waals surface area (Å²) in [5, 5.41) is 0.0474. The molecule has 1 rings (SSSR count). The normalized spacial score (nSPS) is 23.9. The Balaban J connectivity index is 1.99. The fourth-order valence-corrected chi connectivity index (χ4v) is 4.23. The van der Waals surface area contributed by atoms with Crippen molar-refractivity contribution in [3.05, 3.63) is 0 Å². The van der Waals surface area contributed by atoms with Crippen LogP contribution in [0.25, 0.3) is 0 Å². The molecule has 1 saturated heterocycles. The number of rotatable bonds is 12. The van der Waals surface area contributed by atoms with Crippen LogP contribution in [0.1, 0.15) is 71.1 Å². The lowest BCUT2D eigenvalue weighted by Crippen LogP contribution is -2.30. The largest absolute Gasteiger partial charge is 0.454 e. The van der Waals surface area contributed by atoms with E-state index in [2.05, 4.69) is 11.7 Å². The van der Waals surface area contributed by atoms with E-state index >= 15 is 0 Å². The van der Waals surface area contributed by atoms with E-state index in [0.717, 1.165) is 24.6 Å². The lowest BCUT2D eigenvalue weighted by Gasteiger charge is -2.24. The van der Waals surface area contributed by atoms with Crippen molar-refractivity contribution in [1.82, 2.24) is 0 Å². The van der Waals surface area contributed by atoms with Crippen LogP contribution >= 0.6 is 19.4 Å². The van der Waals surface area contributed by atoms with E-state index in [0.29, 0.717) is 6.42 Å². The molecule has 0 aliphatic carbocycles. The highest BCUT2D eigenvalue weighted by Gasteiger charge is 2.41. The first-order valence-electron chi connectivity index (χ1n) is 8.80. The van der Waals surface area contributed by atoms with Crippen molar-refractivity contribution in [3.8, 4) is 0 Å². The number of hydrogen-bond acceptors (Lipinski definition) is 6. The molecule has 0 aromatic rings. The molecule has 0 radical (unpaired) electrons. The molecule has 1 aliphatic heterocycles. The first kappa shape index (κ1) is 21.7. The molecule has 0 amide bonds. The summed E-state index contributed by atoms with van der Waals surface area (Å²) in [7, 11) is -4.32. The number of thioether (sulfide) groups is 1. The molecule has 2 unspecified atom stereocenters. The highest BCUT2D eigenvalue weighted by Crippen LogP contribution is 2.48. The zero-order valence-corrected chi connectivity index (χ0v) is 16.1. The first-order valence-corrected chi connectivity index (χ1v) is 11.4. The van der Waals surface area contributed by atoms with Gasteiger partial charge >= 0.3 is 13.3 Å². The van der Waals surface area contributed by atoms with E-state index in [-0.39, 0.29) is 17.5 Å². The van der Waals surface area contributed by atoms with E-state index in [1.165, 1.54) is 44.9 Å². The lowest BCUT2D eigenvalue weighted by atomic mass is 10.1. The molecule has 8 heteroatoms. The molecule has 1 N–H and O–H groups in total. The SMILES string of the molecule is CCCCCCCCCCCC(=O)SCC1COC(=O)P(=O)(O)O1. The molecular weight excluding hydrogens is 351 g/mol. The molecule has 24 heavy (non-hydrogen) atoms. The summed E-state index contributed by atoms with van der Waals surface area (Å²) in [4.78, 5) is 32.0. The first-order chi connectivity index (χ1) is 11.5. The second-order valence-corrected chi connectivity index (χ2v) is 8.78. The summed E-state index contributed by atoms with van der Waals surface area (Å²) < 4.78 is 20.7. The van der Waals surface area contributed by atoms with Crippen LogP contribution in [0.3, 0.4) is 0 Å². The standard InChI is InChI=1S/C16H29O6PS/c1-2-3-4-5-6-7-8-9-10-11-15(17)24-13-14-12-21-16(18)23(19,20)22-14/h14H,2-13H2,1H3,(H,19,20). The van der Waals surface area contributed by atoms with Gasteiger partial charge in [0.05, 0.1) is 0 Å². The summed E-state index contributed by atoms with van der Waals surface area (Å²) in [5.74, 6) is 0.230. The smallest absolute Gasteiger partial charge is 0.436 e. The number of cyclic esters (lactones) is 1. The molecule has 0 aromatic heterocycles. The monoisotopic (exact) mass is 380 g/mol. The minimum Gasteiger partial charge on any atom is -0.454 e. The van der Waals surface area contributed by atoms with E-state index < -0.39 is 19.4 Å². The van der Waals surface area contributed by atoms with Gasteiger partial charge in [0, 0.05) is 12.2 Å². The van der Waals surface area contributed by atoms with E-state index in [1.54, 1.807) is 0 Å². The average Bonchev–Trinajstić information content (AvgIpc) is 2.54. The third-order valence-corrected chi connectivity index (χ3v) is 6.07. The number of ether oxygens (including phenoxy) is 1. The van der Waals surface area contributed by atoms with Gasteiger partial charge in [0.15, 0.2) is 5.12 Å². The maximum Gasteiger partial charge on any atom is 0.436 e. The molecule has 2 atom stereocenters. The predicted molar refractivity (Wildman–Crippen MR) is 95.4 cm³/mol. The Morgan fingerprint density at radius 1 is 1.17 bits per heavy atom. The van der Waals surface area contributed by atoms with Crippen molar-refractivity contribution in [3.63, 3.8) is 0 Å². The fourth-order valence-electron chi connectivity index (χ4n) is 2.44. The molecule has 0 spiro atoms. The van der Waals surface area contributed by atoms with Crippen LogP contribution in [-0.2, 0) is 18.6 Å². The zero-order valence-electron chi connectivity index (χ0n) is 14.4. The molecular formula is C16H29O6PS. The van der Waals surface area contributed by atoms with Crippen LogP contribution in [0.4, 0.5) is 4.79 Å². The van der Waals surface area contributed by atoms with Gasteiger partial charge in [0.1, 0.15) is 12.7 Å². The van der Waals surface area contributed by atoms with Gasteiger partial charge in [0.25, 0.3) is 0 Å². The molecule has 1 aliphatic rings. The number of unbranched alkanes of at least 4 members (excludes halogenated alkanes) is 8. The predicted octanol–water partition coefficient (Wildman–Crippen LogP) is 4.89. The Labute approximate surface area is 148 Å². The topological polar surface area (TPSA) is 89.9 Å². The minimum atomic E-state index is -4.32. The van der Waals surface area contributed by atoms with Gasteiger partial charge in [-0.3, -0.25) is 9.32 Å². The Bertz CT molecular complexity index is 442. The van der Waals surface area contributed by atoms with Gasteiger partial charge in [-0.25, -0.2) is 9.36 Å². The number of hydrogen-bond donors (Lipinski definition) is 1. The molecule has 0 aromatic carbocycles. The van der Waals surface area contributed by atoms with Crippen LogP contribution in [0.5, 0.6) is 0 Å². The summed E-state index contributed by atoms with van der Waals surface area (Å²) in [6.45, 7) is 2.13. The zero-order chi connectivity index (χ0) is 17.8. The van der Waals surface area contributed by atoms with Crippen molar-refractivity contribution in [1.29, 1.82) is 0 Å². The minimum absolute atomic E-state index is 0.0474. The van der Waals surface area contributed by atoms with Crippen LogP contribution in [0.15, 0.2) is 0 Å². The molecule has 140 valence electrons. The molecule has 0 saturated carbocycles. The Kier molecular flexibility index (Phi) is 10.9. The molecule has 6 nitrogen and oxygen atoms in total. The highest BCUT2D eigenvalue weighted by molar-refractivity contribution is 8.13. The van der Waals surface area contributed by atoms with Gasteiger partial charge in [-0.2, -0.15) is 0 Å². The van der Waals surface area contributed by atoms with Gasteiger partial charge in [-0.1, -0.05) is 70.1 Å². The van der Waals surface area contributed by atoms with E-state index in [1.807, 2.05) is 0 Å². The van der Waals surface area contributed by atoms with Gasteiger partial charge < -0.3 is 9.63 Å². The lowest BCUT2D eigenvalue weighted by molar-refractivity contribution is -0.111. The van der Waals surface area contributed by atoms with Crippen molar-refractivity contribution in [2.45, 2.75) is 77.2 Å². The molecule has 1 fully saturated rings. The van der Waals surface area contributed by atoms with Crippen molar-refractivity contribution >= 4 is 30.2 Å². The molecule has 0 bridgehead atoms. The Hall–Kier alpha value is -0.360. The summed E-state index contributed by atoms with van der Waals surface area (Å²) >= 11 is 1.07. The van der Waals surface area contributed by atoms with Crippen molar-refractivity contribution in [2.24, 2.45) is 0 Å². The van der Waals surface area contributed by atoms with E-state index in [4.69, 9.17) is 4.52 Å². The summed E-state index contributed by atoms with van der Waals surface area (Å²) in [6, 6.07) is 0. The van der Waals surface area contributed by atoms with E-state index in [9.17, 15) is 19.0 Å². The van der Waals surface area contributed by atoms with Gasteiger partial charge in [-0.05, 0) is 6.42 Å². The second-order valence-electron chi connectivity index (χ2n) is 6.09. The Morgan fingerprint density at radius 3 is 2.33 bits per heavy atom. The summed E-state index contributed by atoms with van der Waals surface area (Å²) in [5.41, 5.74) is -1.22. The molecule has 1 heterocycles. The van der Waals surface area contributed by atoms with Crippen LogP contribution in [-0.4, -0.2) is 34.2 Å². The average molecular weight is 380 g/mol. The summed E-state index contributed by atoms with van der Waals surface area (Å²) in [6.07, 6.45) is 10.6. The maximum atomic E-state index is 11.8. The third kappa shape index (κ3) is 9.21. The van der Waals surface area contributed by atoms with Crippen molar-refractivity contribution < 1.29 is 28.3 Å². The second kappa shape index (κ2) is 12.1. The third-order valence-electron chi connectivity index (χ3n) is 3.83. The Morgan fingerprint density at radius 2 is 1.75 bits per heavy atom. The van der Waals surface area contributed by atoms with Crippen LogP contribution in [0.2, 0.25) is 0 Å². The van der Waals surface area contributed by atoms with Crippen molar-refractivity contribution in [2.75, 3.05) is 12.4 Å². The van der Waals surface area contributed by atoms with Gasteiger partial charge in [-0.15, -0.1) is 0 Å². The van der Waals surface area contributed by atoms with Crippen LogP contribution < -0.4 is 0 Å².